The third-order valence-electron chi connectivity index (χ3n) is 2.27. The predicted molar refractivity (Wildman–Crippen MR) is 63.7 cm³/mol. The van der Waals surface area contributed by atoms with Gasteiger partial charge in [-0.1, -0.05) is 18.2 Å². The smallest absolute Gasteiger partial charge is 0.0708 e. The SMILES string of the molecule is CSCc1cc(C)c2ccccc2n1. The van der Waals surface area contributed by atoms with E-state index in [4.69, 9.17) is 0 Å². The maximum Gasteiger partial charge on any atom is 0.0708 e. The van der Waals surface area contributed by atoms with Gasteiger partial charge in [-0.15, -0.1) is 0 Å². The summed E-state index contributed by atoms with van der Waals surface area (Å²) in [6.45, 7) is 2.15. The summed E-state index contributed by atoms with van der Waals surface area (Å²) in [6.07, 6.45) is 2.10. The number of hydrogen-bond acceptors (Lipinski definition) is 2. The van der Waals surface area contributed by atoms with Crippen molar-refractivity contribution in [1.29, 1.82) is 0 Å². The molecule has 1 heterocycles. The van der Waals surface area contributed by atoms with Crippen LogP contribution in [0.25, 0.3) is 10.9 Å². The number of aromatic nitrogens is 1. The molecule has 0 amide bonds. The minimum absolute atomic E-state index is 0.992. The molecule has 0 atom stereocenters. The minimum Gasteiger partial charge on any atom is -0.252 e. The van der Waals surface area contributed by atoms with E-state index in [1.165, 1.54) is 16.6 Å². The largest absolute Gasteiger partial charge is 0.252 e. The molecule has 0 spiro atoms. The molecule has 0 radical (unpaired) electrons. The van der Waals surface area contributed by atoms with Crippen molar-refractivity contribution in [1.82, 2.24) is 4.98 Å². The fourth-order valence-corrected chi connectivity index (χ4v) is 2.08. The quantitative estimate of drug-likeness (QED) is 0.742. The van der Waals surface area contributed by atoms with Crippen LogP contribution >= 0.6 is 11.8 Å². The molecule has 2 heteroatoms. The summed E-state index contributed by atoms with van der Waals surface area (Å²) in [7, 11) is 0. The van der Waals surface area contributed by atoms with Crippen molar-refractivity contribution in [2.75, 3.05) is 6.26 Å². The summed E-state index contributed by atoms with van der Waals surface area (Å²) in [6, 6.07) is 10.5. The fourth-order valence-electron chi connectivity index (χ4n) is 1.64. The van der Waals surface area contributed by atoms with Crippen molar-refractivity contribution in [3.05, 3.63) is 41.6 Å². The molecule has 2 aromatic rings. The van der Waals surface area contributed by atoms with Crippen LogP contribution in [0.5, 0.6) is 0 Å². The average Bonchev–Trinajstić information content (AvgIpc) is 2.18. The van der Waals surface area contributed by atoms with Gasteiger partial charge < -0.3 is 0 Å². The Balaban J connectivity index is 2.60. The van der Waals surface area contributed by atoms with Gasteiger partial charge in [0.2, 0.25) is 0 Å². The molecule has 0 bridgehead atoms. The van der Waals surface area contributed by atoms with Crippen LogP contribution in [0.3, 0.4) is 0 Å². The fraction of sp³-hybridized carbons (Fsp3) is 0.250. The molecule has 0 aliphatic carbocycles. The van der Waals surface area contributed by atoms with E-state index in [1.807, 2.05) is 17.8 Å². The van der Waals surface area contributed by atoms with Crippen LogP contribution in [-0.4, -0.2) is 11.2 Å². The number of benzene rings is 1. The number of aryl methyl sites for hydroxylation is 1. The number of hydrogen-bond donors (Lipinski definition) is 0. The Morgan fingerprint density at radius 3 is 2.86 bits per heavy atom. The second-order valence-corrected chi connectivity index (χ2v) is 4.25. The van der Waals surface area contributed by atoms with Crippen molar-refractivity contribution in [2.24, 2.45) is 0 Å². The van der Waals surface area contributed by atoms with Crippen LogP contribution in [-0.2, 0) is 5.75 Å². The third-order valence-corrected chi connectivity index (χ3v) is 2.85. The lowest BCUT2D eigenvalue weighted by molar-refractivity contribution is 1.21. The topological polar surface area (TPSA) is 12.9 Å². The Hall–Kier alpha value is -1.02. The highest BCUT2D eigenvalue weighted by Gasteiger charge is 2.00. The van der Waals surface area contributed by atoms with Gasteiger partial charge in [-0.25, -0.2) is 0 Å². The molecule has 1 nitrogen and oxygen atoms in total. The molecular weight excluding hydrogens is 190 g/mol. The molecule has 0 saturated carbocycles. The van der Waals surface area contributed by atoms with E-state index in [2.05, 4.69) is 42.4 Å². The van der Waals surface area contributed by atoms with Gasteiger partial charge in [0.1, 0.15) is 0 Å². The zero-order valence-electron chi connectivity index (χ0n) is 8.45. The van der Waals surface area contributed by atoms with Gasteiger partial charge in [0.15, 0.2) is 0 Å². The number of rotatable bonds is 2. The Labute approximate surface area is 88.6 Å². The monoisotopic (exact) mass is 203 g/mol. The summed E-state index contributed by atoms with van der Waals surface area (Å²) in [5, 5.41) is 1.26. The minimum atomic E-state index is 0.992. The molecule has 0 N–H and O–H groups in total. The zero-order valence-corrected chi connectivity index (χ0v) is 9.27. The second kappa shape index (κ2) is 4.01. The van der Waals surface area contributed by atoms with Crippen molar-refractivity contribution >= 4 is 22.7 Å². The van der Waals surface area contributed by atoms with E-state index in [0.29, 0.717) is 0 Å². The molecule has 0 aliphatic rings. The lowest BCUT2D eigenvalue weighted by Crippen LogP contribution is -1.90. The highest BCUT2D eigenvalue weighted by Crippen LogP contribution is 2.18. The standard InChI is InChI=1S/C12H13NS/c1-9-7-10(8-14-2)13-12-6-4-3-5-11(9)12/h3-7H,8H2,1-2H3. The van der Waals surface area contributed by atoms with E-state index >= 15 is 0 Å². The molecule has 1 aromatic carbocycles. The third kappa shape index (κ3) is 1.75. The first-order valence-electron chi connectivity index (χ1n) is 4.65. The molecule has 0 saturated heterocycles. The van der Waals surface area contributed by atoms with Crippen molar-refractivity contribution in [2.45, 2.75) is 12.7 Å². The number of nitrogens with zero attached hydrogens (tertiary/aromatic N) is 1. The van der Waals surface area contributed by atoms with Crippen LogP contribution in [0, 0.1) is 6.92 Å². The number of thioether (sulfide) groups is 1. The molecule has 0 unspecified atom stereocenters. The summed E-state index contributed by atoms with van der Waals surface area (Å²) >= 11 is 1.81. The van der Waals surface area contributed by atoms with Crippen molar-refractivity contribution in [3.63, 3.8) is 0 Å². The predicted octanol–water partition coefficient (Wildman–Crippen LogP) is 3.41. The first-order chi connectivity index (χ1) is 6.81. The van der Waals surface area contributed by atoms with Gasteiger partial charge in [-0.3, -0.25) is 4.98 Å². The van der Waals surface area contributed by atoms with E-state index in [0.717, 1.165) is 11.3 Å². The average molecular weight is 203 g/mol. The number of fused-ring (bicyclic) bond motifs is 1. The Morgan fingerprint density at radius 2 is 2.07 bits per heavy atom. The second-order valence-electron chi connectivity index (χ2n) is 3.38. The number of para-hydroxylation sites is 1. The number of pyridine rings is 1. The van der Waals surface area contributed by atoms with E-state index in [-0.39, 0.29) is 0 Å². The van der Waals surface area contributed by atoms with Crippen LogP contribution in [0.15, 0.2) is 30.3 Å². The van der Waals surface area contributed by atoms with E-state index in [9.17, 15) is 0 Å². The van der Waals surface area contributed by atoms with Crippen molar-refractivity contribution < 1.29 is 0 Å². The molecule has 1 aromatic heterocycles. The van der Waals surface area contributed by atoms with Gasteiger partial charge in [0.25, 0.3) is 0 Å². The highest BCUT2D eigenvalue weighted by atomic mass is 32.2. The Bertz CT molecular complexity index is 451. The highest BCUT2D eigenvalue weighted by molar-refractivity contribution is 7.97. The summed E-state index contributed by atoms with van der Waals surface area (Å²) in [4.78, 5) is 4.60. The van der Waals surface area contributed by atoms with Gasteiger partial charge in [-0.2, -0.15) is 11.8 Å². The molecule has 14 heavy (non-hydrogen) atoms. The van der Waals surface area contributed by atoms with Gasteiger partial charge >= 0.3 is 0 Å². The van der Waals surface area contributed by atoms with Gasteiger partial charge in [0.05, 0.1) is 11.2 Å². The lowest BCUT2D eigenvalue weighted by Gasteiger charge is -2.04. The van der Waals surface area contributed by atoms with Crippen molar-refractivity contribution in [3.8, 4) is 0 Å². The summed E-state index contributed by atoms with van der Waals surface area (Å²) in [5.41, 5.74) is 3.60. The zero-order chi connectivity index (χ0) is 9.97. The van der Waals surface area contributed by atoms with E-state index in [1.54, 1.807) is 0 Å². The first-order valence-corrected chi connectivity index (χ1v) is 6.05. The Morgan fingerprint density at radius 1 is 1.29 bits per heavy atom. The Kier molecular flexibility index (Phi) is 2.73. The summed E-state index contributed by atoms with van der Waals surface area (Å²) in [5.74, 6) is 0.992. The van der Waals surface area contributed by atoms with E-state index < -0.39 is 0 Å². The van der Waals surface area contributed by atoms with Crippen LogP contribution in [0.4, 0.5) is 0 Å². The van der Waals surface area contributed by atoms with Crippen LogP contribution in [0.2, 0.25) is 0 Å². The summed E-state index contributed by atoms with van der Waals surface area (Å²) < 4.78 is 0. The molecule has 2 rings (SSSR count). The first kappa shape index (κ1) is 9.53. The maximum absolute atomic E-state index is 4.60. The lowest BCUT2D eigenvalue weighted by atomic mass is 10.1. The molecule has 0 fully saturated rings. The van der Waals surface area contributed by atoms with Crippen LogP contribution < -0.4 is 0 Å². The molecule has 0 aliphatic heterocycles. The van der Waals surface area contributed by atoms with Gasteiger partial charge in [0, 0.05) is 11.1 Å². The van der Waals surface area contributed by atoms with Gasteiger partial charge in [-0.05, 0) is 30.9 Å². The van der Waals surface area contributed by atoms with Crippen LogP contribution in [0.1, 0.15) is 11.3 Å². The normalized spacial score (nSPS) is 10.7. The maximum atomic E-state index is 4.60. The molecule has 72 valence electrons. The molecular formula is C12H13NS.